The second-order valence-electron chi connectivity index (χ2n) is 3.31. The van der Waals surface area contributed by atoms with Crippen LogP contribution >= 0.6 is 38.9 Å². The lowest BCUT2D eigenvalue weighted by atomic mass is 10.2. The molecule has 0 aliphatic heterocycles. The molecule has 5 heteroatoms. The number of hydrogen-bond donors (Lipinski definition) is 0. The van der Waals surface area contributed by atoms with E-state index >= 15 is 0 Å². The molecular formula is C11H6BrClN2S. The summed E-state index contributed by atoms with van der Waals surface area (Å²) >= 11 is 11.0. The first kappa shape index (κ1) is 10.3. The van der Waals surface area contributed by atoms with Crippen molar-refractivity contribution in [2.45, 2.75) is 0 Å². The van der Waals surface area contributed by atoms with Crippen LogP contribution in [0, 0.1) is 0 Å². The quantitative estimate of drug-likeness (QED) is 0.647. The Morgan fingerprint density at radius 1 is 1.25 bits per heavy atom. The molecule has 0 atom stereocenters. The molecule has 1 aromatic carbocycles. The molecule has 0 saturated carbocycles. The average molecular weight is 314 g/mol. The minimum absolute atomic E-state index is 0.737. The minimum atomic E-state index is 0.737. The number of benzene rings is 1. The van der Waals surface area contributed by atoms with Gasteiger partial charge in [0.25, 0.3) is 0 Å². The molecule has 80 valence electrons. The average Bonchev–Trinajstić information content (AvgIpc) is 2.84. The van der Waals surface area contributed by atoms with Gasteiger partial charge in [0.2, 0.25) is 0 Å². The van der Waals surface area contributed by atoms with E-state index in [1.54, 1.807) is 11.3 Å². The van der Waals surface area contributed by atoms with Crippen LogP contribution < -0.4 is 0 Å². The maximum absolute atomic E-state index is 5.86. The van der Waals surface area contributed by atoms with Crippen LogP contribution in [0.1, 0.15) is 0 Å². The number of hydrogen-bond acceptors (Lipinski definition) is 2. The number of halogens is 2. The molecule has 2 aromatic heterocycles. The van der Waals surface area contributed by atoms with Gasteiger partial charge in [0.1, 0.15) is 10.3 Å². The van der Waals surface area contributed by atoms with Gasteiger partial charge in [0.05, 0.1) is 0 Å². The molecule has 3 aromatic rings. The van der Waals surface area contributed by atoms with Crippen molar-refractivity contribution in [1.82, 2.24) is 9.38 Å². The van der Waals surface area contributed by atoms with E-state index in [1.165, 1.54) is 0 Å². The molecule has 0 unspecified atom stereocenters. The largest absolute Gasteiger partial charge is 0.284 e. The summed E-state index contributed by atoms with van der Waals surface area (Å²) in [4.78, 5) is 5.55. The van der Waals surface area contributed by atoms with E-state index in [0.717, 1.165) is 25.8 Å². The molecule has 0 radical (unpaired) electrons. The highest BCUT2D eigenvalue weighted by atomic mass is 79.9. The van der Waals surface area contributed by atoms with Crippen LogP contribution in [-0.4, -0.2) is 9.38 Å². The maximum Gasteiger partial charge on any atom is 0.195 e. The Morgan fingerprint density at radius 3 is 2.69 bits per heavy atom. The number of aromatic nitrogens is 2. The molecular weight excluding hydrogens is 308 g/mol. The van der Waals surface area contributed by atoms with E-state index < -0.39 is 0 Å². The predicted molar refractivity (Wildman–Crippen MR) is 71.2 cm³/mol. The number of thiazole rings is 1. The van der Waals surface area contributed by atoms with Crippen molar-refractivity contribution in [3.8, 4) is 11.3 Å². The van der Waals surface area contributed by atoms with Gasteiger partial charge in [0.15, 0.2) is 4.96 Å². The van der Waals surface area contributed by atoms with Crippen molar-refractivity contribution >= 4 is 43.8 Å². The number of nitrogens with zero attached hydrogens (tertiary/aromatic N) is 2. The van der Waals surface area contributed by atoms with Gasteiger partial charge in [-0.2, -0.15) is 0 Å². The summed E-state index contributed by atoms with van der Waals surface area (Å²) in [5.41, 5.74) is 2.01. The summed E-state index contributed by atoms with van der Waals surface area (Å²) in [5.74, 6) is 0. The molecule has 0 spiro atoms. The summed E-state index contributed by atoms with van der Waals surface area (Å²) in [6.07, 6.45) is 2.00. The van der Waals surface area contributed by atoms with Gasteiger partial charge >= 0.3 is 0 Å². The van der Waals surface area contributed by atoms with Crippen LogP contribution in [0.15, 0.2) is 40.4 Å². The number of imidazole rings is 1. The Kier molecular flexibility index (Phi) is 2.50. The van der Waals surface area contributed by atoms with Crippen LogP contribution in [0.5, 0.6) is 0 Å². The first-order chi connectivity index (χ1) is 7.75. The molecule has 0 N–H and O–H groups in total. The van der Waals surface area contributed by atoms with Crippen LogP contribution in [-0.2, 0) is 0 Å². The summed E-state index contributed by atoms with van der Waals surface area (Å²) in [7, 11) is 0. The summed E-state index contributed by atoms with van der Waals surface area (Å²) in [5, 5.41) is 2.75. The lowest BCUT2D eigenvalue weighted by molar-refractivity contribution is 1.19. The van der Waals surface area contributed by atoms with Gasteiger partial charge in [-0.1, -0.05) is 23.7 Å². The highest BCUT2D eigenvalue weighted by Crippen LogP contribution is 2.30. The third-order valence-corrected chi connectivity index (χ3v) is 4.09. The minimum Gasteiger partial charge on any atom is -0.284 e. The normalized spacial score (nSPS) is 11.1. The number of fused-ring (bicyclic) bond motifs is 1. The molecule has 0 amide bonds. The van der Waals surface area contributed by atoms with Crippen molar-refractivity contribution in [1.29, 1.82) is 0 Å². The Labute approximate surface area is 110 Å². The Hall–Kier alpha value is -0.840. The van der Waals surface area contributed by atoms with Gasteiger partial charge < -0.3 is 0 Å². The van der Waals surface area contributed by atoms with E-state index in [1.807, 2.05) is 40.2 Å². The van der Waals surface area contributed by atoms with Crippen molar-refractivity contribution < 1.29 is 0 Å². The lowest BCUT2D eigenvalue weighted by Gasteiger charge is -1.97. The van der Waals surface area contributed by atoms with Gasteiger partial charge in [-0.3, -0.25) is 4.40 Å². The molecule has 0 aliphatic rings. The maximum atomic E-state index is 5.86. The second-order valence-corrected chi connectivity index (χ2v) is 5.37. The fraction of sp³-hybridized carbons (Fsp3) is 0. The van der Waals surface area contributed by atoms with Gasteiger partial charge in [-0.15, -0.1) is 11.3 Å². The Bertz CT molecular complexity index is 642. The highest BCUT2D eigenvalue weighted by molar-refractivity contribution is 9.10. The summed E-state index contributed by atoms with van der Waals surface area (Å²) in [6, 6.07) is 7.69. The lowest BCUT2D eigenvalue weighted by Crippen LogP contribution is -1.79. The summed E-state index contributed by atoms with van der Waals surface area (Å²) in [6.45, 7) is 0. The molecule has 2 nitrogen and oxygen atoms in total. The first-order valence-electron chi connectivity index (χ1n) is 4.63. The molecule has 0 saturated heterocycles. The second kappa shape index (κ2) is 3.87. The van der Waals surface area contributed by atoms with Gasteiger partial charge in [0, 0.05) is 22.2 Å². The number of rotatable bonds is 1. The predicted octanol–water partition coefficient (Wildman–Crippen LogP) is 4.48. The Morgan fingerprint density at radius 2 is 2.00 bits per heavy atom. The monoisotopic (exact) mass is 312 g/mol. The molecule has 3 rings (SSSR count). The van der Waals surface area contributed by atoms with Crippen LogP contribution in [0.3, 0.4) is 0 Å². The molecule has 0 fully saturated rings. The van der Waals surface area contributed by atoms with E-state index in [0.29, 0.717) is 0 Å². The third kappa shape index (κ3) is 1.57. The van der Waals surface area contributed by atoms with Crippen molar-refractivity contribution in [3.05, 3.63) is 45.5 Å². The smallest absolute Gasteiger partial charge is 0.195 e. The standard InChI is InChI=1S/C11H6BrClN2S/c12-10-9(7-1-3-8(13)4-2-7)14-11-15(10)5-6-16-11/h1-6H. The van der Waals surface area contributed by atoms with Crippen molar-refractivity contribution in [3.63, 3.8) is 0 Å². The molecule has 2 heterocycles. The zero-order valence-corrected chi connectivity index (χ0v) is 11.2. The van der Waals surface area contributed by atoms with Crippen LogP contribution in [0.2, 0.25) is 5.02 Å². The Balaban J connectivity index is 2.21. The van der Waals surface area contributed by atoms with Crippen LogP contribution in [0.4, 0.5) is 0 Å². The molecule has 0 bridgehead atoms. The SMILES string of the molecule is Clc1ccc(-c2nc3sccn3c2Br)cc1. The fourth-order valence-corrected chi connectivity index (χ4v) is 3.11. The first-order valence-corrected chi connectivity index (χ1v) is 6.68. The zero-order chi connectivity index (χ0) is 11.1. The van der Waals surface area contributed by atoms with E-state index in [9.17, 15) is 0 Å². The van der Waals surface area contributed by atoms with E-state index in [2.05, 4.69) is 20.9 Å². The van der Waals surface area contributed by atoms with Gasteiger partial charge in [-0.05, 0) is 28.1 Å². The van der Waals surface area contributed by atoms with Crippen molar-refractivity contribution in [2.24, 2.45) is 0 Å². The van der Waals surface area contributed by atoms with Crippen molar-refractivity contribution in [2.75, 3.05) is 0 Å². The van der Waals surface area contributed by atoms with E-state index in [-0.39, 0.29) is 0 Å². The molecule has 0 aliphatic carbocycles. The molecule has 16 heavy (non-hydrogen) atoms. The topological polar surface area (TPSA) is 17.3 Å². The van der Waals surface area contributed by atoms with E-state index in [4.69, 9.17) is 11.6 Å². The van der Waals surface area contributed by atoms with Gasteiger partial charge in [-0.25, -0.2) is 4.98 Å². The fourth-order valence-electron chi connectivity index (χ4n) is 1.55. The third-order valence-electron chi connectivity index (χ3n) is 2.32. The highest BCUT2D eigenvalue weighted by Gasteiger charge is 2.11. The zero-order valence-electron chi connectivity index (χ0n) is 8.02. The summed E-state index contributed by atoms with van der Waals surface area (Å²) < 4.78 is 3.00. The van der Waals surface area contributed by atoms with Crippen LogP contribution in [0.25, 0.3) is 16.2 Å².